The van der Waals surface area contributed by atoms with Crippen LogP contribution in [0.3, 0.4) is 0 Å². The standard InChI is InChI=1S/C13H23ClN4/c1-5-18(6-2)8-7-15-13-11(10(3)4)12(14)16-9-17-13/h9-10H,5-8H2,1-4H3,(H,15,16,17). The number of hydrogen-bond donors (Lipinski definition) is 1. The van der Waals surface area contributed by atoms with E-state index in [1.54, 1.807) is 0 Å². The lowest BCUT2D eigenvalue weighted by atomic mass is 10.1. The predicted octanol–water partition coefficient (Wildman–Crippen LogP) is 3.01. The Morgan fingerprint density at radius 1 is 1.28 bits per heavy atom. The largest absolute Gasteiger partial charge is 0.368 e. The quantitative estimate of drug-likeness (QED) is 0.774. The fourth-order valence-electron chi connectivity index (χ4n) is 1.90. The van der Waals surface area contributed by atoms with Crippen molar-refractivity contribution >= 4 is 17.4 Å². The Balaban J connectivity index is 2.64. The second-order valence-corrected chi connectivity index (χ2v) is 4.89. The summed E-state index contributed by atoms with van der Waals surface area (Å²) in [7, 11) is 0. The molecule has 1 heterocycles. The Hall–Kier alpha value is -0.870. The van der Waals surface area contributed by atoms with Crippen LogP contribution in [0, 0.1) is 0 Å². The molecule has 1 aromatic rings. The third kappa shape index (κ3) is 4.10. The molecule has 0 atom stereocenters. The average Bonchev–Trinajstić information content (AvgIpc) is 2.34. The lowest BCUT2D eigenvalue weighted by Crippen LogP contribution is -2.29. The van der Waals surface area contributed by atoms with Crippen LogP contribution in [0.15, 0.2) is 6.33 Å². The van der Waals surface area contributed by atoms with Crippen molar-refractivity contribution in [2.45, 2.75) is 33.6 Å². The van der Waals surface area contributed by atoms with Crippen molar-refractivity contribution in [2.24, 2.45) is 0 Å². The van der Waals surface area contributed by atoms with Gasteiger partial charge in [-0.2, -0.15) is 0 Å². The van der Waals surface area contributed by atoms with Gasteiger partial charge in [-0.15, -0.1) is 0 Å². The number of likely N-dealkylation sites (N-methyl/N-ethyl adjacent to an activating group) is 1. The van der Waals surface area contributed by atoms with Crippen molar-refractivity contribution in [3.05, 3.63) is 17.0 Å². The molecule has 0 bridgehead atoms. The van der Waals surface area contributed by atoms with Crippen LogP contribution in [0.25, 0.3) is 0 Å². The second kappa shape index (κ2) is 7.54. The molecular formula is C13H23ClN4. The van der Waals surface area contributed by atoms with Gasteiger partial charge in [0.25, 0.3) is 0 Å². The summed E-state index contributed by atoms with van der Waals surface area (Å²) >= 11 is 6.12. The first-order valence-electron chi connectivity index (χ1n) is 6.56. The minimum atomic E-state index is 0.314. The summed E-state index contributed by atoms with van der Waals surface area (Å²) in [4.78, 5) is 10.7. The molecule has 0 radical (unpaired) electrons. The first kappa shape index (κ1) is 15.2. The molecule has 1 rings (SSSR count). The van der Waals surface area contributed by atoms with E-state index >= 15 is 0 Å². The number of nitrogens with zero attached hydrogens (tertiary/aromatic N) is 3. The molecule has 0 aromatic carbocycles. The molecule has 0 unspecified atom stereocenters. The summed E-state index contributed by atoms with van der Waals surface area (Å²) in [5, 5.41) is 3.90. The first-order chi connectivity index (χ1) is 8.60. The maximum Gasteiger partial charge on any atom is 0.138 e. The number of hydrogen-bond acceptors (Lipinski definition) is 4. The van der Waals surface area contributed by atoms with Gasteiger partial charge in [-0.25, -0.2) is 9.97 Å². The normalized spacial score (nSPS) is 11.3. The zero-order valence-corrected chi connectivity index (χ0v) is 12.5. The molecule has 102 valence electrons. The topological polar surface area (TPSA) is 41.0 Å². The highest BCUT2D eigenvalue weighted by Gasteiger charge is 2.13. The number of aromatic nitrogens is 2. The third-order valence-corrected chi connectivity index (χ3v) is 3.33. The maximum atomic E-state index is 6.12. The monoisotopic (exact) mass is 270 g/mol. The van der Waals surface area contributed by atoms with Crippen molar-refractivity contribution in [3.8, 4) is 0 Å². The van der Waals surface area contributed by atoms with Crippen LogP contribution in [-0.4, -0.2) is 41.0 Å². The maximum absolute atomic E-state index is 6.12. The summed E-state index contributed by atoms with van der Waals surface area (Å²) in [5.41, 5.74) is 0.999. The minimum absolute atomic E-state index is 0.314. The summed E-state index contributed by atoms with van der Waals surface area (Å²) in [6.45, 7) is 12.6. The molecular weight excluding hydrogens is 248 g/mol. The highest BCUT2D eigenvalue weighted by molar-refractivity contribution is 6.30. The van der Waals surface area contributed by atoms with E-state index in [0.717, 1.165) is 37.6 Å². The van der Waals surface area contributed by atoms with E-state index in [4.69, 9.17) is 11.6 Å². The highest BCUT2D eigenvalue weighted by atomic mass is 35.5. The first-order valence-corrected chi connectivity index (χ1v) is 6.94. The number of anilines is 1. The van der Waals surface area contributed by atoms with Crippen LogP contribution in [-0.2, 0) is 0 Å². The Bertz CT molecular complexity index is 364. The molecule has 1 aromatic heterocycles. The van der Waals surface area contributed by atoms with Gasteiger partial charge in [0.05, 0.1) is 0 Å². The summed E-state index contributed by atoms with van der Waals surface area (Å²) in [6.07, 6.45) is 1.51. The van der Waals surface area contributed by atoms with E-state index in [-0.39, 0.29) is 0 Å². The Labute approximate surface area is 115 Å². The summed E-state index contributed by atoms with van der Waals surface area (Å²) < 4.78 is 0. The average molecular weight is 271 g/mol. The van der Waals surface area contributed by atoms with Crippen molar-refractivity contribution in [3.63, 3.8) is 0 Å². The smallest absolute Gasteiger partial charge is 0.138 e. The van der Waals surface area contributed by atoms with Crippen LogP contribution >= 0.6 is 11.6 Å². The lowest BCUT2D eigenvalue weighted by molar-refractivity contribution is 0.316. The summed E-state index contributed by atoms with van der Waals surface area (Å²) in [6, 6.07) is 0. The minimum Gasteiger partial charge on any atom is -0.368 e. The van der Waals surface area contributed by atoms with Gasteiger partial charge in [0.2, 0.25) is 0 Å². The van der Waals surface area contributed by atoms with Gasteiger partial charge < -0.3 is 10.2 Å². The Kier molecular flexibility index (Phi) is 6.36. The molecule has 1 N–H and O–H groups in total. The Morgan fingerprint density at radius 3 is 2.50 bits per heavy atom. The Morgan fingerprint density at radius 2 is 1.94 bits per heavy atom. The number of rotatable bonds is 7. The highest BCUT2D eigenvalue weighted by Crippen LogP contribution is 2.27. The van der Waals surface area contributed by atoms with Gasteiger partial charge in [-0.3, -0.25) is 0 Å². The molecule has 18 heavy (non-hydrogen) atoms. The van der Waals surface area contributed by atoms with E-state index in [2.05, 4.69) is 47.9 Å². The zero-order valence-electron chi connectivity index (χ0n) is 11.7. The van der Waals surface area contributed by atoms with Crippen LogP contribution in [0.4, 0.5) is 5.82 Å². The molecule has 5 heteroatoms. The van der Waals surface area contributed by atoms with Crippen LogP contribution < -0.4 is 5.32 Å². The van der Waals surface area contributed by atoms with E-state index < -0.39 is 0 Å². The molecule has 0 aliphatic heterocycles. The molecule has 0 saturated carbocycles. The third-order valence-electron chi connectivity index (χ3n) is 3.03. The molecule has 0 aliphatic rings. The van der Waals surface area contributed by atoms with Gasteiger partial charge in [0.15, 0.2) is 0 Å². The molecule has 0 saturated heterocycles. The van der Waals surface area contributed by atoms with E-state index in [1.165, 1.54) is 6.33 Å². The lowest BCUT2D eigenvalue weighted by Gasteiger charge is -2.19. The summed E-state index contributed by atoms with van der Waals surface area (Å²) in [5.74, 6) is 1.17. The SMILES string of the molecule is CCN(CC)CCNc1ncnc(Cl)c1C(C)C. The number of nitrogens with one attached hydrogen (secondary N) is 1. The predicted molar refractivity (Wildman–Crippen MR) is 77.4 cm³/mol. The fraction of sp³-hybridized carbons (Fsp3) is 0.692. The molecule has 0 amide bonds. The number of halogens is 1. The molecule has 0 aliphatic carbocycles. The van der Waals surface area contributed by atoms with Gasteiger partial charge in [0.1, 0.15) is 17.3 Å². The molecule has 4 nitrogen and oxygen atoms in total. The van der Waals surface area contributed by atoms with E-state index in [9.17, 15) is 0 Å². The van der Waals surface area contributed by atoms with Crippen molar-refractivity contribution in [2.75, 3.05) is 31.5 Å². The van der Waals surface area contributed by atoms with Crippen molar-refractivity contribution < 1.29 is 0 Å². The van der Waals surface area contributed by atoms with Gasteiger partial charge in [0, 0.05) is 18.7 Å². The molecule has 0 spiro atoms. The van der Waals surface area contributed by atoms with E-state index in [0.29, 0.717) is 11.1 Å². The zero-order chi connectivity index (χ0) is 13.5. The van der Waals surface area contributed by atoms with Gasteiger partial charge in [-0.1, -0.05) is 39.3 Å². The van der Waals surface area contributed by atoms with Gasteiger partial charge in [-0.05, 0) is 19.0 Å². The van der Waals surface area contributed by atoms with Crippen LogP contribution in [0.1, 0.15) is 39.2 Å². The van der Waals surface area contributed by atoms with Crippen LogP contribution in [0.2, 0.25) is 5.15 Å². The second-order valence-electron chi connectivity index (χ2n) is 4.54. The molecule has 0 fully saturated rings. The van der Waals surface area contributed by atoms with Crippen LogP contribution in [0.5, 0.6) is 0 Å². The van der Waals surface area contributed by atoms with E-state index in [1.807, 2.05) is 0 Å². The van der Waals surface area contributed by atoms with Crippen molar-refractivity contribution in [1.82, 2.24) is 14.9 Å². The fourth-order valence-corrected chi connectivity index (χ4v) is 2.25. The van der Waals surface area contributed by atoms with Gasteiger partial charge >= 0.3 is 0 Å². The van der Waals surface area contributed by atoms with Crippen molar-refractivity contribution in [1.29, 1.82) is 0 Å².